The lowest BCUT2D eigenvalue weighted by Gasteiger charge is -2.30. The number of sulfonamides is 1. The molecule has 0 bridgehead atoms. The van der Waals surface area contributed by atoms with E-state index in [0.717, 1.165) is 45.2 Å². The Balaban J connectivity index is 1.48. The monoisotopic (exact) mass is 393 g/mol. The number of hydrogen-bond acceptors (Lipinski definition) is 4. The topological polar surface area (TPSA) is 69.7 Å². The molecule has 3 rings (SSSR count). The van der Waals surface area contributed by atoms with Crippen LogP contribution in [0, 0.1) is 5.92 Å². The first kappa shape index (κ1) is 20.3. The average molecular weight is 394 g/mol. The highest BCUT2D eigenvalue weighted by molar-refractivity contribution is 7.88. The fraction of sp³-hybridized carbons (Fsp3) is 0.650. The third-order valence-corrected chi connectivity index (χ3v) is 7.14. The van der Waals surface area contributed by atoms with Gasteiger partial charge in [-0.2, -0.15) is 0 Å². The minimum Gasteiger partial charge on any atom is -0.349 e. The molecule has 150 valence electrons. The van der Waals surface area contributed by atoms with Crippen molar-refractivity contribution in [3.63, 3.8) is 0 Å². The number of benzene rings is 1. The third kappa shape index (κ3) is 5.77. The molecule has 27 heavy (non-hydrogen) atoms. The zero-order chi connectivity index (χ0) is 19.4. The fourth-order valence-corrected chi connectivity index (χ4v) is 4.87. The Hall–Kier alpha value is -1.44. The number of nitrogens with one attached hydrogen (secondary N) is 1. The van der Waals surface area contributed by atoms with Crippen LogP contribution in [0.2, 0.25) is 0 Å². The van der Waals surface area contributed by atoms with E-state index in [-0.39, 0.29) is 11.9 Å². The summed E-state index contributed by atoms with van der Waals surface area (Å²) >= 11 is 0. The van der Waals surface area contributed by atoms with Crippen LogP contribution in [0.4, 0.5) is 0 Å². The van der Waals surface area contributed by atoms with Crippen molar-refractivity contribution in [1.29, 1.82) is 0 Å². The molecule has 0 atom stereocenters. The molecule has 2 fully saturated rings. The van der Waals surface area contributed by atoms with Crippen molar-refractivity contribution in [2.75, 3.05) is 39.5 Å². The predicted octanol–water partition coefficient (Wildman–Crippen LogP) is 1.72. The Bertz CT molecular complexity index is 732. The smallest absolute Gasteiger partial charge is 0.251 e. The number of nitrogens with zero attached hydrogens (tertiary/aromatic N) is 2. The molecule has 1 N–H and O–H groups in total. The van der Waals surface area contributed by atoms with Crippen molar-refractivity contribution in [2.45, 2.75) is 38.1 Å². The molecule has 0 radical (unpaired) electrons. The molecule has 1 amide bonds. The van der Waals surface area contributed by atoms with Gasteiger partial charge in [-0.15, -0.1) is 0 Å². The van der Waals surface area contributed by atoms with Crippen LogP contribution in [-0.4, -0.2) is 69.1 Å². The van der Waals surface area contributed by atoms with Crippen molar-refractivity contribution >= 4 is 15.9 Å². The normalized spacial score (nSPS) is 21.3. The van der Waals surface area contributed by atoms with Crippen molar-refractivity contribution < 1.29 is 13.2 Å². The van der Waals surface area contributed by atoms with Crippen molar-refractivity contribution in [2.24, 2.45) is 5.92 Å². The summed E-state index contributed by atoms with van der Waals surface area (Å²) in [5, 5.41) is 3.15. The van der Waals surface area contributed by atoms with Gasteiger partial charge in [0, 0.05) is 24.7 Å². The molecule has 0 aliphatic carbocycles. The minimum atomic E-state index is -3.07. The second-order valence-electron chi connectivity index (χ2n) is 8.06. The molecule has 6 nitrogen and oxygen atoms in total. The number of carbonyl (C=O) groups excluding carboxylic acids is 1. The van der Waals surface area contributed by atoms with Crippen LogP contribution < -0.4 is 5.32 Å². The summed E-state index contributed by atoms with van der Waals surface area (Å²) in [6.07, 6.45) is 6.02. The van der Waals surface area contributed by atoms with Crippen LogP contribution in [0.5, 0.6) is 0 Å². The van der Waals surface area contributed by atoms with Gasteiger partial charge in [-0.25, -0.2) is 12.7 Å². The van der Waals surface area contributed by atoms with Crippen LogP contribution in [-0.2, 0) is 16.4 Å². The van der Waals surface area contributed by atoms with E-state index in [1.807, 2.05) is 24.3 Å². The molecule has 0 aromatic heterocycles. The molecule has 0 spiro atoms. The first-order valence-electron chi connectivity index (χ1n) is 9.85. The highest BCUT2D eigenvalue weighted by Gasteiger charge is 2.25. The van der Waals surface area contributed by atoms with Crippen LogP contribution in [0.15, 0.2) is 24.3 Å². The highest BCUT2D eigenvalue weighted by atomic mass is 32.2. The van der Waals surface area contributed by atoms with Crippen molar-refractivity contribution in [1.82, 2.24) is 14.5 Å². The second-order valence-corrected chi connectivity index (χ2v) is 10.0. The van der Waals surface area contributed by atoms with Gasteiger partial charge >= 0.3 is 0 Å². The first-order chi connectivity index (χ1) is 12.8. The predicted molar refractivity (Wildman–Crippen MR) is 107 cm³/mol. The summed E-state index contributed by atoms with van der Waals surface area (Å²) in [7, 11) is -0.954. The van der Waals surface area contributed by atoms with Crippen LogP contribution in [0.25, 0.3) is 0 Å². The zero-order valence-corrected chi connectivity index (χ0v) is 17.2. The molecule has 0 saturated carbocycles. The van der Waals surface area contributed by atoms with Gasteiger partial charge in [0.15, 0.2) is 0 Å². The molecule has 7 heteroatoms. The van der Waals surface area contributed by atoms with E-state index in [1.165, 1.54) is 11.8 Å². The van der Waals surface area contributed by atoms with Gasteiger partial charge in [-0.05, 0) is 75.9 Å². The lowest BCUT2D eigenvalue weighted by molar-refractivity contribution is 0.0917. The number of carbonyl (C=O) groups is 1. The quantitative estimate of drug-likeness (QED) is 0.827. The summed E-state index contributed by atoms with van der Waals surface area (Å²) < 4.78 is 24.8. The molecular formula is C20H31N3O3S. The Kier molecular flexibility index (Phi) is 6.55. The summed E-state index contributed by atoms with van der Waals surface area (Å²) in [5.41, 5.74) is 1.92. The van der Waals surface area contributed by atoms with Crippen LogP contribution in [0.1, 0.15) is 41.6 Å². The van der Waals surface area contributed by atoms with Crippen LogP contribution >= 0.6 is 0 Å². The van der Waals surface area contributed by atoms with Gasteiger partial charge in [-0.1, -0.05) is 12.1 Å². The number of amides is 1. The minimum absolute atomic E-state index is 0.0116. The van der Waals surface area contributed by atoms with Gasteiger partial charge in [0.05, 0.1) is 6.26 Å². The van der Waals surface area contributed by atoms with Crippen molar-refractivity contribution in [3.8, 4) is 0 Å². The lowest BCUT2D eigenvalue weighted by Crippen LogP contribution is -2.43. The number of hydrogen-bond donors (Lipinski definition) is 1. The van der Waals surface area contributed by atoms with E-state index < -0.39 is 10.0 Å². The van der Waals surface area contributed by atoms with Gasteiger partial charge < -0.3 is 10.2 Å². The Morgan fingerprint density at radius 1 is 1.04 bits per heavy atom. The van der Waals surface area contributed by atoms with Gasteiger partial charge in [0.1, 0.15) is 0 Å². The molecule has 0 unspecified atom stereocenters. The van der Waals surface area contributed by atoms with Gasteiger partial charge in [-0.3, -0.25) is 4.79 Å². The molecule has 1 aromatic rings. The second kappa shape index (κ2) is 8.71. The van der Waals surface area contributed by atoms with E-state index >= 15 is 0 Å². The third-order valence-electron chi connectivity index (χ3n) is 5.84. The number of piperidine rings is 2. The Morgan fingerprint density at radius 2 is 1.63 bits per heavy atom. The molecular weight excluding hydrogens is 362 g/mol. The van der Waals surface area contributed by atoms with E-state index in [2.05, 4.69) is 17.3 Å². The summed E-state index contributed by atoms with van der Waals surface area (Å²) in [5.74, 6) is 0.513. The first-order valence-corrected chi connectivity index (χ1v) is 11.7. The molecule has 2 aliphatic heterocycles. The SMILES string of the molecule is CN1CCC(NC(=O)c2ccc(CC3CCN(S(C)(=O)=O)CC3)cc2)CC1. The largest absolute Gasteiger partial charge is 0.349 e. The summed E-state index contributed by atoms with van der Waals surface area (Å²) in [6, 6.07) is 8.16. The lowest BCUT2D eigenvalue weighted by atomic mass is 9.90. The zero-order valence-electron chi connectivity index (χ0n) is 16.4. The summed E-state index contributed by atoms with van der Waals surface area (Å²) in [4.78, 5) is 14.7. The average Bonchev–Trinajstić information content (AvgIpc) is 2.64. The Morgan fingerprint density at radius 3 is 2.19 bits per heavy atom. The Labute approximate surface area is 163 Å². The maximum absolute atomic E-state index is 12.4. The van der Waals surface area contributed by atoms with E-state index in [1.54, 1.807) is 4.31 Å². The summed E-state index contributed by atoms with van der Waals surface area (Å²) in [6.45, 7) is 3.28. The van der Waals surface area contributed by atoms with Crippen LogP contribution in [0.3, 0.4) is 0 Å². The maximum atomic E-state index is 12.4. The van der Waals surface area contributed by atoms with Gasteiger partial charge in [0.2, 0.25) is 10.0 Å². The molecule has 1 aromatic carbocycles. The van der Waals surface area contributed by atoms with Crippen molar-refractivity contribution in [3.05, 3.63) is 35.4 Å². The van der Waals surface area contributed by atoms with E-state index in [0.29, 0.717) is 24.6 Å². The van der Waals surface area contributed by atoms with E-state index in [9.17, 15) is 13.2 Å². The fourth-order valence-electron chi connectivity index (χ4n) is 3.99. The molecule has 2 aliphatic rings. The molecule has 2 saturated heterocycles. The number of likely N-dealkylation sites (tertiary alicyclic amines) is 1. The van der Waals surface area contributed by atoms with Gasteiger partial charge in [0.25, 0.3) is 5.91 Å². The molecule has 2 heterocycles. The number of rotatable bonds is 5. The highest BCUT2D eigenvalue weighted by Crippen LogP contribution is 2.23. The maximum Gasteiger partial charge on any atom is 0.251 e. The van der Waals surface area contributed by atoms with E-state index in [4.69, 9.17) is 0 Å². The standard InChI is InChI=1S/C20H31N3O3S/c1-22-11-9-19(10-12-22)21-20(24)18-5-3-16(4-6-18)15-17-7-13-23(14-8-17)27(2,25)26/h3-6,17,19H,7-15H2,1-2H3,(H,21,24).